The van der Waals surface area contributed by atoms with Gasteiger partial charge in [0.05, 0.1) is 22.0 Å². The van der Waals surface area contributed by atoms with Crippen LogP contribution in [-0.2, 0) is 16.1 Å². The van der Waals surface area contributed by atoms with E-state index in [1.54, 1.807) is 0 Å². The van der Waals surface area contributed by atoms with Crippen LogP contribution in [0.15, 0.2) is 10.7 Å². The van der Waals surface area contributed by atoms with E-state index in [4.69, 9.17) is 0 Å². The van der Waals surface area contributed by atoms with E-state index in [1.807, 2.05) is 17.8 Å². The Kier molecular flexibility index (Phi) is 4.15. The average Bonchev–Trinajstić information content (AvgIpc) is 2.92. The number of halogens is 1. The maximum Gasteiger partial charge on any atom is 0.233 e. The third kappa shape index (κ3) is 2.78. The van der Waals surface area contributed by atoms with E-state index in [9.17, 15) is 9.59 Å². The molecule has 1 aromatic heterocycles. The summed E-state index contributed by atoms with van der Waals surface area (Å²) in [7, 11) is 0. The standard InChI is InChI=1S/C15H20BrN3O2/c1-10-13(16)9-18(17-10)7-4-8-19-14(20)11-5-2-3-6-12(11)15(19)21/h9,11-12H,2-8H2,1H3/t11-,12+. The van der Waals surface area contributed by atoms with Gasteiger partial charge in [0, 0.05) is 19.3 Å². The molecule has 21 heavy (non-hydrogen) atoms. The zero-order valence-corrected chi connectivity index (χ0v) is 13.8. The van der Waals surface area contributed by atoms with Crippen LogP contribution in [-0.4, -0.2) is 33.0 Å². The number of likely N-dealkylation sites (tertiary alicyclic amines) is 1. The van der Waals surface area contributed by atoms with Crippen LogP contribution in [0, 0.1) is 18.8 Å². The number of carbonyl (C=O) groups excluding carboxylic acids is 2. The van der Waals surface area contributed by atoms with Crippen LogP contribution in [0.25, 0.3) is 0 Å². The molecule has 0 unspecified atom stereocenters. The number of aromatic nitrogens is 2. The van der Waals surface area contributed by atoms with Crippen molar-refractivity contribution in [1.29, 1.82) is 0 Å². The van der Waals surface area contributed by atoms with Crippen molar-refractivity contribution < 1.29 is 9.59 Å². The molecule has 2 fully saturated rings. The molecule has 2 amide bonds. The van der Waals surface area contributed by atoms with Gasteiger partial charge in [-0.05, 0) is 42.1 Å². The Morgan fingerprint density at radius 3 is 2.33 bits per heavy atom. The van der Waals surface area contributed by atoms with Crippen LogP contribution in [0.4, 0.5) is 0 Å². The van der Waals surface area contributed by atoms with Crippen LogP contribution in [0.1, 0.15) is 37.8 Å². The van der Waals surface area contributed by atoms with Gasteiger partial charge in [-0.15, -0.1) is 0 Å². The van der Waals surface area contributed by atoms with Crippen molar-refractivity contribution >= 4 is 27.7 Å². The third-order valence-electron chi connectivity index (χ3n) is 4.59. The molecule has 3 rings (SSSR count). The monoisotopic (exact) mass is 353 g/mol. The van der Waals surface area contributed by atoms with Crippen LogP contribution >= 0.6 is 15.9 Å². The Balaban J connectivity index is 1.57. The summed E-state index contributed by atoms with van der Waals surface area (Å²) >= 11 is 3.43. The Labute approximate surface area is 132 Å². The summed E-state index contributed by atoms with van der Waals surface area (Å²) in [5.41, 5.74) is 0.953. The number of hydrogen-bond donors (Lipinski definition) is 0. The van der Waals surface area contributed by atoms with Gasteiger partial charge in [0.25, 0.3) is 0 Å². The fraction of sp³-hybridized carbons (Fsp3) is 0.667. The maximum atomic E-state index is 12.3. The Hall–Kier alpha value is -1.17. The summed E-state index contributed by atoms with van der Waals surface area (Å²) in [6.07, 6.45) is 6.62. The van der Waals surface area contributed by atoms with E-state index in [1.165, 1.54) is 4.90 Å². The number of carbonyl (C=O) groups is 2. The highest BCUT2D eigenvalue weighted by Gasteiger charge is 2.47. The summed E-state index contributed by atoms with van der Waals surface area (Å²) in [6.45, 7) is 3.18. The summed E-state index contributed by atoms with van der Waals surface area (Å²) < 4.78 is 2.85. The first-order valence-corrected chi connectivity index (χ1v) is 8.42. The smallest absolute Gasteiger partial charge is 0.233 e. The number of nitrogens with zero attached hydrogens (tertiary/aromatic N) is 3. The highest BCUT2D eigenvalue weighted by molar-refractivity contribution is 9.10. The number of imide groups is 1. The second-order valence-corrected chi connectivity index (χ2v) is 6.86. The Bertz CT molecular complexity index is 526. The molecule has 0 spiro atoms. The maximum absolute atomic E-state index is 12.3. The highest BCUT2D eigenvalue weighted by Crippen LogP contribution is 2.37. The molecule has 2 atom stereocenters. The average molecular weight is 354 g/mol. The van der Waals surface area contributed by atoms with E-state index in [0.29, 0.717) is 6.54 Å². The van der Waals surface area contributed by atoms with E-state index < -0.39 is 0 Å². The van der Waals surface area contributed by atoms with Crippen LogP contribution in [0.5, 0.6) is 0 Å². The minimum atomic E-state index is -0.0349. The molecule has 0 N–H and O–H groups in total. The van der Waals surface area contributed by atoms with Crippen molar-refractivity contribution in [3.05, 3.63) is 16.4 Å². The predicted molar refractivity (Wildman–Crippen MR) is 81.4 cm³/mol. The van der Waals surface area contributed by atoms with Gasteiger partial charge in [-0.2, -0.15) is 5.10 Å². The number of rotatable bonds is 4. The van der Waals surface area contributed by atoms with Gasteiger partial charge >= 0.3 is 0 Å². The highest BCUT2D eigenvalue weighted by atomic mass is 79.9. The quantitative estimate of drug-likeness (QED) is 0.781. The number of fused-ring (bicyclic) bond motifs is 1. The van der Waals surface area contributed by atoms with Crippen LogP contribution in [0.3, 0.4) is 0 Å². The van der Waals surface area contributed by atoms with Crippen LogP contribution in [0.2, 0.25) is 0 Å². The minimum absolute atomic E-state index is 0.0349. The molecule has 1 aromatic rings. The molecule has 0 radical (unpaired) electrons. The minimum Gasteiger partial charge on any atom is -0.282 e. The van der Waals surface area contributed by atoms with Crippen LogP contribution < -0.4 is 0 Å². The molecular weight excluding hydrogens is 334 g/mol. The summed E-state index contributed by atoms with van der Waals surface area (Å²) in [4.78, 5) is 26.1. The first-order chi connectivity index (χ1) is 10.1. The normalized spacial score (nSPS) is 25.5. The first-order valence-electron chi connectivity index (χ1n) is 7.62. The molecule has 0 bridgehead atoms. The van der Waals surface area contributed by atoms with E-state index in [2.05, 4.69) is 21.0 Å². The lowest BCUT2D eigenvalue weighted by molar-refractivity contribution is -0.140. The second kappa shape index (κ2) is 5.91. The Morgan fingerprint density at radius 1 is 1.19 bits per heavy atom. The molecule has 1 saturated heterocycles. The molecule has 1 aliphatic heterocycles. The summed E-state index contributed by atoms with van der Waals surface area (Å²) in [6, 6.07) is 0. The molecule has 1 aliphatic carbocycles. The SMILES string of the molecule is Cc1nn(CCCN2C(=O)[C@H]3CCCC[C@H]3C2=O)cc1Br. The zero-order chi connectivity index (χ0) is 15.0. The summed E-state index contributed by atoms with van der Waals surface area (Å²) in [5.74, 6) is 0.0461. The molecule has 1 saturated carbocycles. The van der Waals surface area contributed by atoms with Crippen molar-refractivity contribution in [2.24, 2.45) is 11.8 Å². The first kappa shape index (κ1) is 14.8. The van der Waals surface area contributed by atoms with Gasteiger partial charge in [-0.1, -0.05) is 12.8 Å². The van der Waals surface area contributed by atoms with Crippen molar-refractivity contribution in [2.45, 2.75) is 45.6 Å². The van der Waals surface area contributed by atoms with Crippen molar-refractivity contribution in [1.82, 2.24) is 14.7 Å². The zero-order valence-electron chi connectivity index (χ0n) is 12.2. The molecule has 6 heteroatoms. The van der Waals surface area contributed by atoms with Gasteiger partial charge in [0.1, 0.15) is 0 Å². The lowest BCUT2D eigenvalue weighted by atomic mass is 9.81. The van der Waals surface area contributed by atoms with E-state index in [0.717, 1.165) is 48.8 Å². The van der Waals surface area contributed by atoms with Gasteiger partial charge in [-0.25, -0.2) is 0 Å². The lowest BCUT2D eigenvalue weighted by Gasteiger charge is -2.19. The largest absolute Gasteiger partial charge is 0.282 e. The number of amides is 2. The molecule has 0 aromatic carbocycles. The van der Waals surface area contributed by atoms with Gasteiger partial charge in [-0.3, -0.25) is 19.2 Å². The topological polar surface area (TPSA) is 55.2 Å². The van der Waals surface area contributed by atoms with Gasteiger partial charge in [0.2, 0.25) is 11.8 Å². The third-order valence-corrected chi connectivity index (χ3v) is 5.37. The fourth-order valence-electron chi connectivity index (χ4n) is 3.45. The molecular formula is C15H20BrN3O2. The number of aryl methyl sites for hydroxylation is 2. The summed E-state index contributed by atoms with van der Waals surface area (Å²) in [5, 5.41) is 4.37. The van der Waals surface area contributed by atoms with Crippen molar-refractivity contribution in [3.63, 3.8) is 0 Å². The molecule has 2 heterocycles. The Morgan fingerprint density at radius 2 is 1.81 bits per heavy atom. The molecule has 114 valence electrons. The van der Waals surface area contributed by atoms with Crippen molar-refractivity contribution in [3.8, 4) is 0 Å². The van der Waals surface area contributed by atoms with Crippen molar-refractivity contribution in [2.75, 3.05) is 6.54 Å². The fourth-order valence-corrected chi connectivity index (χ4v) is 3.77. The molecule has 5 nitrogen and oxygen atoms in total. The second-order valence-electron chi connectivity index (χ2n) is 6.00. The molecule has 2 aliphatic rings. The van der Waals surface area contributed by atoms with E-state index >= 15 is 0 Å². The predicted octanol–water partition coefficient (Wildman–Crippen LogP) is 2.52. The lowest BCUT2D eigenvalue weighted by Crippen LogP contribution is -2.32. The van der Waals surface area contributed by atoms with Gasteiger partial charge in [0.15, 0.2) is 0 Å². The van der Waals surface area contributed by atoms with E-state index in [-0.39, 0.29) is 23.7 Å². The van der Waals surface area contributed by atoms with Gasteiger partial charge < -0.3 is 0 Å². The number of hydrogen-bond acceptors (Lipinski definition) is 3.